The molecule has 0 aliphatic rings. The van der Waals surface area contributed by atoms with Gasteiger partial charge in [0.1, 0.15) is 0 Å². The summed E-state index contributed by atoms with van der Waals surface area (Å²) in [6.07, 6.45) is 0. The molecule has 0 aromatic heterocycles. The Hall–Kier alpha value is -1.10. The average molecular weight is 132 g/mol. The molecule has 1 amide bonds. The molecule has 0 saturated heterocycles. The van der Waals surface area contributed by atoms with Gasteiger partial charge >= 0.3 is 5.97 Å². The molecule has 0 spiro atoms. The molecule has 0 fully saturated rings. The summed E-state index contributed by atoms with van der Waals surface area (Å²) in [7, 11) is 1.32. The van der Waals surface area contributed by atoms with E-state index in [1.807, 2.05) is 0 Å². The van der Waals surface area contributed by atoms with Crippen LogP contribution in [-0.4, -0.2) is 30.1 Å². The Morgan fingerprint density at radius 1 is 1.67 bits per heavy atom. The topological polar surface area (TPSA) is 92.4 Å². The second kappa shape index (κ2) is 3.03. The molecule has 4 N–H and O–H groups in total. The number of nitrogens with two attached hydrogens (primary N) is 1. The van der Waals surface area contributed by atoms with Gasteiger partial charge in [0.05, 0.1) is 0 Å². The number of likely N-dealkylation sites (N-methyl/N-ethyl adjacent to an activating group) is 1. The Balaban J connectivity index is 3.88. The highest BCUT2D eigenvalue weighted by Gasteiger charge is 2.18. The van der Waals surface area contributed by atoms with Gasteiger partial charge in [0.25, 0.3) is 0 Å². The lowest BCUT2D eigenvalue weighted by Crippen LogP contribution is -2.44. The fraction of sp³-hybridized carbons (Fsp3) is 0.500. The second-order valence-corrected chi connectivity index (χ2v) is 1.43. The third-order valence-electron chi connectivity index (χ3n) is 0.795. The number of hydrogen-bond acceptors (Lipinski definition) is 3. The van der Waals surface area contributed by atoms with Crippen LogP contribution in [0.3, 0.4) is 0 Å². The maximum atomic E-state index is 10.3. The Labute approximate surface area is 51.8 Å². The first-order valence-electron chi connectivity index (χ1n) is 2.29. The highest BCUT2D eigenvalue weighted by atomic mass is 16.4. The molecule has 0 rings (SSSR count). The van der Waals surface area contributed by atoms with Gasteiger partial charge in [-0.2, -0.15) is 0 Å². The highest BCUT2D eigenvalue weighted by molar-refractivity contribution is 6.00. The summed E-state index contributed by atoms with van der Waals surface area (Å²) in [5, 5.41) is 10.2. The molecule has 1 unspecified atom stereocenters. The normalized spacial score (nSPS) is 12.2. The number of aliphatic carboxylic acids is 1. The monoisotopic (exact) mass is 132 g/mol. The zero-order valence-electron chi connectivity index (χ0n) is 4.92. The molecule has 5 heteroatoms. The lowest BCUT2D eigenvalue weighted by Gasteiger charge is -2.01. The van der Waals surface area contributed by atoms with Crippen LogP contribution in [-0.2, 0) is 9.59 Å². The number of nitrogens with one attached hydrogen (secondary N) is 1. The maximum Gasteiger partial charge on any atom is 0.330 e. The van der Waals surface area contributed by atoms with Gasteiger partial charge in [0, 0.05) is 7.05 Å². The zero-order valence-corrected chi connectivity index (χ0v) is 4.92. The van der Waals surface area contributed by atoms with E-state index in [1.54, 1.807) is 0 Å². The molecule has 9 heavy (non-hydrogen) atoms. The van der Waals surface area contributed by atoms with Crippen LogP contribution in [0.2, 0.25) is 0 Å². The van der Waals surface area contributed by atoms with Crippen molar-refractivity contribution in [3.63, 3.8) is 0 Å². The van der Waals surface area contributed by atoms with Crippen molar-refractivity contribution >= 4 is 11.9 Å². The molecule has 0 bridgehead atoms. The number of carbonyl (C=O) groups is 2. The van der Waals surface area contributed by atoms with Crippen LogP contribution in [0.25, 0.3) is 0 Å². The highest BCUT2D eigenvalue weighted by Crippen LogP contribution is 1.75. The summed E-state index contributed by atoms with van der Waals surface area (Å²) in [6, 6.07) is -1.45. The zero-order chi connectivity index (χ0) is 7.44. The van der Waals surface area contributed by atoms with Crippen molar-refractivity contribution in [3.05, 3.63) is 0 Å². The van der Waals surface area contributed by atoms with E-state index in [9.17, 15) is 9.59 Å². The molecule has 5 nitrogen and oxygen atoms in total. The fourth-order valence-electron chi connectivity index (χ4n) is 0.268. The van der Waals surface area contributed by atoms with Crippen LogP contribution in [0.15, 0.2) is 0 Å². The van der Waals surface area contributed by atoms with Gasteiger partial charge in [0.2, 0.25) is 5.91 Å². The van der Waals surface area contributed by atoms with Gasteiger partial charge in [0.15, 0.2) is 6.04 Å². The number of carboxylic acids is 1. The molecular formula is C4H8N2O3. The summed E-state index contributed by atoms with van der Waals surface area (Å²) in [5.74, 6) is -2.02. The first-order chi connectivity index (χ1) is 4.09. The van der Waals surface area contributed by atoms with Crippen molar-refractivity contribution in [1.29, 1.82) is 0 Å². The largest absolute Gasteiger partial charge is 0.480 e. The summed E-state index contributed by atoms with van der Waals surface area (Å²) in [5.41, 5.74) is 4.86. The van der Waals surface area contributed by atoms with Crippen molar-refractivity contribution in [2.45, 2.75) is 6.04 Å². The van der Waals surface area contributed by atoms with E-state index in [2.05, 4.69) is 5.32 Å². The minimum absolute atomic E-state index is 0.692. The summed E-state index contributed by atoms with van der Waals surface area (Å²) in [6.45, 7) is 0. The van der Waals surface area contributed by atoms with Crippen molar-refractivity contribution in [1.82, 2.24) is 5.32 Å². The molecule has 0 aliphatic heterocycles. The van der Waals surface area contributed by atoms with Crippen LogP contribution in [0.4, 0.5) is 0 Å². The summed E-state index contributed by atoms with van der Waals surface area (Å²) in [4.78, 5) is 20.3. The molecule has 0 radical (unpaired) electrons. The Morgan fingerprint density at radius 2 is 2.11 bits per heavy atom. The molecular weight excluding hydrogens is 124 g/mol. The minimum atomic E-state index is -1.45. The number of amides is 1. The standard InChI is InChI=1S/C4H8N2O3/c1-6-3(7)2(5)4(8)9/h2H,5H2,1H3,(H,6,7)(H,8,9). The quantitative estimate of drug-likeness (QED) is 0.384. The van der Waals surface area contributed by atoms with Crippen molar-refractivity contribution in [2.75, 3.05) is 7.05 Å². The first kappa shape index (κ1) is 7.90. The van der Waals surface area contributed by atoms with Gasteiger partial charge < -0.3 is 16.2 Å². The number of hydrogen-bond donors (Lipinski definition) is 3. The Bertz CT molecular complexity index is 134. The predicted octanol–water partition coefficient (Wildman–Crippen LogP) is -1.86. The predicted molar refractivity (Wildman–Crippen MR) is 29.7 cm³/mol. The van der Waals surface area contributed by atoms with Crippen LogP contribution < -0.4 is 11.1 Å². The van der Waals surface area contributed by atoms with Crippen LogP contribution >= 0.6 is 0 Å². The molecule has 0 saturated carbocycles. The Kier molecular flexibility index (Phi) is 2.66. The molecule has 0 aromatic rings. The van der Waals surface area contributed by atoms with Crippen LogP contribution in [0.1, 0.15) is 0 Å². The third kappa shape index (κ3) is 2.09. The van der Waals surface area contributed by atoms with Gasteiger partial charge in [-0.05, 0) is 0 Å². The van der Waals surface area contributed by atoms with E-state index in [4.69, 9.17) is 10.8 Å². The molecule has 0 heterocycles. The van der Waals surface area contributed by atoms with Gasteiger partial charge in [-0.15, -0.1) is 0 Å². The van der Waals surface area contributed by atoms with E-state index in [-0.39, 0.29) is 0 Å². The van der Waals surface area contributed by atoms with Crippen LogP contribution in [0.5, 0.6) is 0 Å². The van der Waals surface area contributed by atoms with E-state index < -0.39 is 17.9 Å². The SMILES string of the molecule is CNC(=O)C(N)C(=O)O. The first-order valence-corrected chi connectivity index (χ1v) is 2.29. The lowest BCUT2D eigenvalue weighted by molar-refractivity contribution is -0.142. The summed E-state index contributed by atoms with van der Waals surface area (Å²) >= 11 is 0. The molecule has 1 atom stereocenters. The van der Waals surface area contributed by atoms with Gasteiger partial charge in [-0.25, -0.2) is 4.79 Å². The number of carboxylic acid groups (broad SMARTS) is 1. The van der Waals surface area contributed by atoms with Crippen molar-refractivity contribution < 1.29 is 14.7 Å². The van der Waals surface area contributed by atoms with Crippen molar-refractivity contribution in [2.24, 2.45) is 5.73 Å². The lowest BCUT2D eigenvalue weighted by atomic mass is 10.3. The number of rotatable bonds is 2. The molecule has 0 aliphatic carbocycles. The average Bonchev–Trinajstić information content (AvgIpc) is 1.84. The maximum absolute atomic E-state index is 10.3. The Morgan fingerprint density at radius 3 is 2.22 bits per heavy atom. The smallest absolute Gasteiger partial charge is 0.330 e. The van der Waals surface area contributed by atoms with Crippen LogP contribution in [0, 0.1) is 0 Å². The second-order valence-electron chi connectivity index (χ2n) is 1.43. The van der Waals surface area contributed by atoms with Gasteiger partial charge in [-0.3, -0.25) is 4.79 Å². The minimum Gasteiger partial charge on any atom is -0.480 e. The number of carbonyl (C=O) groups excluding carboxylic acids is 1. The summed E-state index contributed by atoms with van der Waals surface area (Å²) < 4.78 is 0. The van der Waals surface area contributed by atoms with Crippen molar-refractivity contribution in [3.8, 4) is 0 Å². The van der Waals surface area contributed by atoms with E-state index in [1.165, 1.54) is 7.05 Å². The van der Waals surface area contributed by atoms with E-state index >= 15 is 0 Å². The molecule has 52 valence electrons. The molecule has 0 aromatic carbocycles. The fourth-order valence-corrected chi connectivity index (χ4v) is 0.268. The van der Waals surface area contributed by atoms with E-state index in [0.717, 1.165) is 0 Å². The van der Waals surface area contributed by atoms with E-state index in [0.29, 0.717) is 0 Å². The third-order valence-corrected chi connectivity index (χ3v) is 0.795. The van der Waals surface area contributed by atoms with Gasteiger partial charge in [-0.1, -0.05) is 0 Å².